The summed E-state index contributed by atoms with van der Waals surface area (Å²) in [6, 6.07) is 0. The van der Waals surface area contributed by atoms with Crippen molar-refractivity contribution in [3.63, 3.8) is 0 Å². The Morgan fingerprint density at radius 2 is 1.92 bits per heavy atom. The molecule has 0 spiro atoms. The van der Waals surface area contributed by atoms with Gasteiger partial charge in [-0.05, 0) is 91.6 Å². The average molecular weight is 338 g/mol. The molecule has 0 saturated heterocycles. The predicted molar refractivity (Wildman–Crippen MR) is 97.8 cm³/mol. The van der Waals surface area contributed by atoms with Crippen LogP contribution in [0.5, 0.6) is 0 Å². The van der Waals surface area contributed by atoms with E-state index in [9.17, 15) is 9.59 Å². The molecule has 0 radical (unpaired) electrons. The minimum Gasteiger partial charge on any atom is -0.300 e. The number of hydrogen-bond donors (Lipinski definition) is 0. The summed E-state index contributed by atoms with van der Waals surface area (Å²) in [6.07, 6.45) is 8.79. The fourth-order valence-electron chi connectivity index (χ4n) is 8.11. The first-order chi connectivity index (χ1) is 11.8. The predicted octanol–water partition coefficient (Wildman–Crippen LogP) is 4.75. The Kier molecular flexibility index (Phi) is 3.05. The van der Waals surface area contributed by atoms with E-state index < -0.39 is 0 Å². The van der Waals surface area contributed by atoms with Crippen LogP contribution >= 0.6 is 0 Å². The Balaban J connectivity index is 1.56. The Morgan fingerprint density at radius 1 is 1.16 bits per heavy atom. The van der Waals surface area contributed by atoms with E-state index in [0.29, 0.717) is 41.2 Å². The Hall–Kier alpha value is -1.18. The van der Waals surface area contributed by atoms with Crippen LogP contribution in [0.3, 0.4) is 0 Å². The first-order valence-corrected chi connectivity index (χ1v) is 10.2. The van der Waals surface area contributed by atoms with Gasteiger partial charge >= 0.3 is 0 Å². The highest BCUT2D eigenvalue weighted by Gasteiger charge is 2.66. The maximum atomic E-state index is 12.3. The van der Waals surface area contributed by atoms with Gasteiger partial charge in [-0.15, -0.1) is 0 Å². The van der Waals surface area contributed by atoms with Gasteiger partial charge in [-0.3, -0.25) is 9.59 Å². The number of hydrogen-bond acceptors (Lipinski definition) is 2. The van der Waals surface area contributed by atoms with Crippen LogP contribution in [0, 0.1) is 46.3 Å². The van der Waals surface area contributed by atoms with Crippen LogP contribution < -0.4 is 0 Å². The largest absolute Gasteiger partial charge is 0.300 e. The van der Waals surface area contributed by atoms with Crippen LogP contribution in [0.4, 0.5) is 0 Å². The van der Waals surface area contributed by atoms with Gasteiger partial charge in [-0.1, -0.05) is 26.0 Å². The molecule has 2 heteroatoms. The molecule has 4 fully saturated rings. The van der Waals surface area contributed by atoms with E-state index in [1.807, 2.05) is 6.08 Å². The van der Waals surface area contributed by atoms with E-state index in [-0.39, 0.29) is 16.7 Å². The normalized spacial score (nSPS) is 53.3. The monoisotopic (exact) mass is 338 g/mol. The molecule has 0 N–H and O–H groups in total. The van der Waals surface area contributed by atoms with E-state index in [0.717, 1.165) is 19.3 Å². The molecule has 5 aliphatic rings. The SMILES string of the molecule is C=C1C[C@H]2[C@@H]3CC[C@H](C(C)=O)[C@@]3(C)CC[C@@H]2[C@]2(C)C1=CC(=O)[C@@H]1C[C@@H]12. The van der Waals surface area contributed by atoms with Crippen molar-refractivity contribution in [3.8, 4) is 0 Å². The van der Waals surface area contributed by atoms with Gasteiger partial charge in [0, 0.05) is 11.8 Å². The summed E-state index contributed by atoms with van der Waals surface area (Å²) in [5.41, 5.74) is 2.87. The second kappa shape index (κ2) is 4.75. The van der Waals surface area contributed by atoms with Crippen molar-refractivity contribution in [1.29, 1.82) is 0 Å². The number of ketones is 2. The molecule has 0 aliphatic heterocycles. The zero-order valence-corrected chi connectivity index (χ0v) is 15.8. The lowest BCUT2D eigenvalue weighted by molar-refractivity contribution is -0.128. The van der Waals surface area contributed by atoms with E-state index >= 15 is 0 Å². The van der Waals surface area contributed by atoms with E-state index in [1.54, 1.807) is 6.92 Å². The molecule has 0 aromatic heterocycles. The van der Waals surface area contributed by atoms with Crippen LogP contribution in [0.25, 0.3) is 0 Å². The van der Waals surface area contributed by atoms with Crippen molar-refractivity contribution in [1.82, 2.24) is 0 Å². The summed E-state index contributed by atoms with van der Waals surface area (Å²) >= 11 is 0. The van der Waals surface area contributed by atoms with Gasteiger partial charge in [0.1, 0.15) is 5.78 Å². The lowest BCUT2D eigenvalue weighted by Gasteiger charge is -2.58. The van der Waals surface area contributed by atoms with Crippen LogP contribution in [0.15, 0.2) is 23.8 Å². The van der Waals surface area contributed by atoms with E-state index in [2.05, 4.69) is 20.4 Å². The second-order valence-corrected chi connectivity index (χ2v) is 10.2. The van der Waals surface area contributed by atoms with Gasteiger partial charge < -0.3 is 0 Å². The number of fused-ring (bicyclic) bond motifs is 7. The molecule has 8 atom stereocenters. The molecule has 5 aliphatic carbocycles. The molecule has 0 amide bonds. The summed E-state index contributed by atoms with van der Waals surface area (Å²) in [6.45, 7) is 11.1. The number of rotatable bonds is 1. The third kappa shape index (κ3) is 1.82. The van der Waals surface area contributed by atoms with Crippen molar-refractivity contribution in [2.45, 2.75) is 59.3 Å². The highest BCUT2D eigenvalue weighted by atomic mass is 16.1. The molecule has 0 heterocycles. The molecule has 0 aromatic rings. The summed E-state index contributed by atoms with van der Waals surface area (Å²) in [5.74, 6) is 3.86. The van der Waals surface area contributed by atoms with Crippen molar-refractivity contribution in [3.05, 3.63) is 23.8 Å². The number of carbonyl (C=O) groups excluding carboxylic acids is 2. The topological polar surface area (TPSA) is 34.1 Å². The van der Waals surface area contributed by atoms with Crippen LogP contribution in [0.1, 0.15) is 59.3 Å². The second-order valence-electron chi connectivity index (χ2n) is 10.2. The molecule has 0 aromatic carbocycles. The summed E-state index contributed by atoms with van der Waals surface area (Å²) in [4.78, 5) is 24.6. The maximum absolute atomic E-state index is 12.3. The quantitative estimate of drug-likeness (QED) is 0.692. The first kappa shape index (κ1) is 16.0. The van der Waals surface area contributed by atoms with E-state index in [1.165, 1.54) is 30.4 Å². The fourth-order valence-corrected chi connectivity index (χ4v) is 8.11. The van der Waals surface area contributed by atoms with E-state index in [4.69, 9.17) is 0 Å². The van der Waals surface area contributed by atoms with Gasteiger partial charge in [0.05, 0.1) is 0 Å². The summed E-state index contributed by atoms with van der Waals surface area (Å²) < 4.78 is 0. The Bertz CT molecular complexity index is 730. The van der Waals surface area contributed by atoms with Crippen LogP contribution in [-0.2, 0) is 9.59 Å². The minimum atomic E-state index is 0.161. The summed E-state index contributed by atoms with van der Waals surface area (Å²) in [5, 5.41) is 0. The molecule has 134 valence electrons. The lowest BCUT2D eigenvalue weighted by Crippen LogP contribution is -2.52. The Morgan fingerprint density at radius 3 is 2.64 bits per heavy atom. The number of carbonyl (C=O) groups is 2. The number of Topliss-reactive ketones (excluding diaryl/α,β-unsaturated/α-hetero) is 1. The average Bonchev–Trinajstić information content (AvgIpc) is 3.27. The fraction of sp³-hybridized carbons (Fsp3) is 0.739. The molecule has 0 unspecified atom stereocenters. The highest BCUT2D eigenvalue weighted by molar-refractivity contribution is 5.97. The maximum Gasteiger partial charge on any atom is 0.159 e. The van der Waals surface area contributed by atoms with Gasteiger partial charge in [-0.2, -0.15) is 0 Å². The molecule has 2 nitrogen and oxygen atoms in total. The lowest BCUT2D eigenvalue weighted by atomic mass is 9.45. The molecular formula is C23H30O2. The standard InChI is InChI=1S/C23H30O2/c1-12-9-14-17-6-5-16(13(2)24)22(17,3)8-7-18(14)23(4)19(12)11-21(25)15-10-20(15)23/h11,14-18,20H,1,5-10H2,2-4H3/t14-,15+,16+,17-,18-,20-,22+,23+/m0/s1. The third-order valence-corrected chi connectivity index (χ3v) is 9.35. The molecule has 4 saturated carbocycles. The van der Waals surface area contributed by atoms with Gasteiger partial charge in [-0.25, -0.2) is 0 Å². The van der Waals surface area contributed by atoms with Crippen molar-refractivity contribution >= 4 is 11.6 Å². The summed E-state index contributed by atoms with van der Waals surface area (Å²) in [7, 11) is 0. The zero-order valence-electron chi connectivity index (χ0n) is 15.8. The Labute approximate surface area is 151 Å². The highest BCUT2D eigenvalue weighted by Crippen LogP contribution is 2.72. The molecule has 25 heavy (non-hydrogen) atoms. The zero-order chi connectivity index (χ0) is 17.7. The number of allylic oxidation sites excluding steroid dienone is 2. The molecule has 5 rings (SSSR count). The minimum absolute atomic E-state index is 0.161. The van der Waals surface area contributed by atoms with Gasteiger partial charge in [0.2, 0.25) is 0 Å². The molecular weight excluding hydrogens is 308 g/mol. The van der Waals surface area contributed by atoms with Crippen LogP contribution in [0.2, 0.25) is 0 Å². The first-order valence-electron chi connectivity index (χ1n) is 10.2. The van der Waals surface area contributed by atoms with Crippen LogP contribution in [-0.4, -0.2) is 11.6 Å². The van der Waals surface area contributed by atoms with Crippen molar-refractivity contribution in [2.24, 2.45) is 46.3 Å². The van der Waals surface area contributed by atoms with Crippen molar-refractivity contribution in [2.75, 3.05) is 0 Å². The third-order valence-electron chi connectivity index (χ3n) is 9.35. The van der Waals surface area contributed by atoms with Gasteiger partial charge in [0.15, 0.2) is 5.78 Å². The van der Waals surface area contributed by atoms with Crippen molar-refractivity contribution < 1.29 is 9.59 Å². The molecule has 0 bridgehead atoms. The smallest absolute Gasteiger partial charge is 0.159 e. The van der Waals surface area contributed by atoms with Gasteiger partial charge in [0.25, 0.3) is 0 Å².